The Labute approximate surface area is 116 Å². The minimum atomic E-state index is -0.529. The highest BCUT2D eigenvalue weighted by Crippen LogP contribution is 2.31. The van der Waals surface area contributed by atoms with Gasteiger partial charge in [-0.1, -0.05) is 32.0 Å². The summed E-state index contributed by atoms with van der Waals surface area (Å²) in [5.74, 6) is 1.05. The molecule has 1 aromatic heterocycles. The van der Waals surface area contributed by atoms with E-state index in [1.807, 2.05) is 32.0 Å². The van der Waals surface area contributed by atoms with Crippen molar-refractivity contribution < 1.29 is 9.66 Å². The van der Waals surface area contributed by atoms with Crippen molar-refractivity contribution in [2.45, 2.75) is 19.8 Å². The van der Waals surface area contributed by atoms with Crippen LogP contribution in [-0.4, -0.2) is 9.91 Å². The van der Waals surface area contributed by atoms with Crippen LogP contribution in [0.1, 0.15) is 25.3 Å². The van der Waals surface area contributed by atoms with Crippen molar-refractivity contribution >= 4 is 11.5 Å². The zero-order chi connectivity index (χ0) is 14.7. The van der Waals surface area contributed by atoms with Crippen LogP contribution in [0, 0.1) is 10.1 Å². The number of aromatic nitrogens is 1. The second-order valence-electron chi connectivity index (χ2n) is 4.64. The molecule has 0 bridgehead atoms. The predicted molar refractivity (Wildman–Crippen MR) is 75.9 cm³/mol. The van der Waals surface area contributed by atoms with E-state index in [2.05, 4.69) is 4.98 Å². The molecule has 0 saturated carbocycles. The van der Waals surface area contributed by atoms with Gasteiger partial charge in [0.15, 0.2) is 0 Å². The highest BCUT2D eigenvalue weighted by atomic mass is 16.6. The lowest BCUT2D eigenvalue weighted by Crippen LogP contribution is -1.99. The molecule has 0 unspecified atom stereocenters. The summed E-state index contributed by atoms with van der Waals surface area (Å²) in [4.78, 5) is 14.2. The quantitative estimate of drug-likeness (QED) is 0.680. The first-order valence-corrected chi connectivity index (χ1v) is 6.16. The first kappa shape index (κ1) is 13.8. The van der Waals surface area contributed by atoms with Crippen LogP contribution in [0.5, 0.6) is 11.6 Å². The normalized spacial score (nSPS) is 10.6. The molecule has 0 amide bonds. The third kappa shape index (κ3) is 3.03. The Morgan fingerprint density at radius 2 is 2.00 bits per heavy atom. The summed E-state index contributed by atoms with van der Waals surface area (Å²) in [6, 6.07) is 9.95. The number of nitrogens with zero attached hydrogens (tertiary/aromatic N) is 2. The molecule has 104 valence electrons. The number of nitrogens with two attached hydrogens (primary N) is 1. The highest BCUT2D eigenvalue weighted by molar-refractivity contribution is 5.47. The molecule has 0 atom stereocenters. The Morgan fingerprint density at radius 1 is 1.30 bits per heavy atom. The maximum absolute atomic E-state index is 10.8. The van der Waals surface area contributed by atoms with E-state index >= 15 is 0 Å². The van der Waals surface area contributed by atoms with E-state index in [-0.39, 0.29) is 23.3 Å². The summed E-state index contributed by atoms with van der Waals surface area (Å²) in [6.45, 7) is 4.08. The first-order chi connectivity index (χ1) is 9.47. The van der Waals surface area contributed by atoms with Crippen LogP contribution in [0.4, 0.5) is 11.5 Å². The van der Waals surface area contributed by atoms with Crippen molar-refractivity contribution in [3.8, 4) is 11.6 Å². The number of hydrogen-bond acceptors (Lipinski definition) is 5. The number of rotatable bonds is 4. The van der Waals surface area contributed by atoms with Crippen molar-refractivity contribution in [3.05, 3.63) is 52.1 Å². The fraction of sp³-hybridized carbons (Fsp3) is 0.214. The molecule has 2 N–H and O–H groups in total. The number of anilines is 1. The van der Waals surface area contributed by atoms with Gasteiger partial charge in [-0.05, 0) is 17.5 Å². The monoisotopic (exact) mass is 273 g/mol. The second kappa shape index (κ2) is 5.56. The van der Waals surface area contributed by atoms with Crippen LogP contribution in [0.2, 0.25) is 0 Å². The standard InChI is InChI=1S/C14H15N3O3/c1-9(2)11-5-3-4-6-12(11)20-14-8-10(17(18)19)7-13(15)16-14/h3-9H,1-2H3,(H2,15,16). The van der Waals surface area contributed by atoms with Crippen LogP contribution in [0.15, 0.2) is 36.4 Å². The van der Waals surface area contributed by atoms with Gasteiger partial charge in [0.25, 0.3) is 5.69 Å². The van der Waals surface area contributed by atoms with Crippen molar-refractivity contribution in [1.82, 2.24) is 4.98 Å². The van der Waals surface area contributed by atoms with Gasteiger partial charge in [0.1, 0.15) is 11.6 Å². The maximum atomic E-state index is 10.8. The number of benzene rings is 1. The fourth-order valence-corrected chi connectivity index (χ4v) is 1.83. The summed E-state index contributed by atoms with van der Waals surface area (Å²) in [7, 11) is 0. The number of nitrogen functional groups attached to an aromatic ring is 1. The average molecular weight is 273 g/mol. The van der Waals surface area contributed by atoms with Crippen molar-refractivity contribution in [2.75, 3.05) is 5.73 Å². The molecule has 1 heterocycles. The first-order valence-electron chi connectivity index (χ1n) is 6.16. The number of ether oxygens (including phenoxy) is 1. The van der Waals surface area contributed by atoms with Crippen LogP contribution < -0.4 is 10.5 Å². The molecule has 0 aliphatic carbocycles. The third-order valence-electron chi connectivity index (χ3n) is 2.77. The van der Waals surface area contributed by atoms with Gasteiger partial charge >= 0.3 is 0 Å². The molecule has 2 rings (SSSR count). The van der Waals surface area contributed by atoms with E-state index in [0.29, 0.717) is 5.75 Å². The molecule has 20 heavy (non-hydrogen) atoms. The van der Waals surface area contributed by atoms with E-state index in [0.717, 1.165) is 5.56 Å². The van der Waals surface area contributed by atoms with E-state index in [4.69, 9.17) is 10.5 Å². The summed E-state index contributed by atoms with van der Waals surface area (Å²) in [6.07, 6.45) is 0. The fourth-order valence-electron chi connectivity index (χ4n) is 1.83. The minimum Gasteiger partial charge on any atom is -0.438 e. The largest absolute Gasteiger partial charge is 0.438 e. The average Bonchev–Trinajstić information content (AvgIpc) is 2.38. The maximum Gasteiger partial charge on any atom is 0.278 e. The van der Waals surface area contributed by atoms with Gasteiger partial charge in [-0.3, -0.25) is 10.1 Å². The lowest BCUT2D eigenvalue weighted by atomic mass is 10.0. The molecule has 6 nitrogen and oxygen atoms in total. The summed E-state index contributed by atoms with van der Waals surface area (Å²) >= 11 is 0. The predicted octanol–water partition coefficient (Wildman–Crippen LogP) is 3.49. The molecule has 6 heteroatoms. The smallest absolute Gasteiger partial charge is 0.278 e. The number of para-hydroxylation sites is 1. The zero-order valence-corrected chi connectivity index (χ0v) is 11.2. The van der Waals surface area contributed by atoms with Gasteiger partial charge in [-0.25, -0.2) is 0 Å². The van der Waals surface area contributed by atoms with Crippen molar-refractivity contribution in [2.24, 2.45) is 0 Å². The topological polar surface area (TPSA) is 91.3 Å². The van der Waals surface area contributed by atoms with E-state index in [9.17, 15) is 10.1 Å². The molecular formula is C14H15N3O3. The molecule has 0 spiro atoms. The van der Waals surface area contributed by atoms with Gasteiger partial charge in [-0.2, -0.15) is 4.98 Å². The third-order valence-corrected chi connectivity index (χ3v) is 2.77. The number of hydrogen-bond donors (Lipinski definition) is 1. The van der Waals surface area contributed by atoms with Crippen LogP contribution in [0.25, 0.3) is 0 Å². The lowest BCUT2D eigenvalue weighted by Gasteiger charge is -2.12. The van der Waals surface area contributed by atoms with Gasteiger partial charge in [0, 0.05) is 0 Å². The van der Waals surface area contributed by atoms with Crippen LogP contribution in [0.3, 0.4) is 0 Å². The van der Waals surface area contributed by atoms with E-state index < -0.39 is 4.92 Å². The SMILES string of the molecule is CC(C)c1ccccc1Oc1cc([N+](=O)[O-])cc(N)n1. The van der Waals surface area contributed by atoms with Crippen LogP contribution >= 0.6 is 0 Å². The molecule has 0 radical (unpaired) electrons. The van der Waals surface area contributed by atoms with Crippen LogP contribution in [-0.2, 0) is 0 Å². The van der Waals surface area contributed by atoms with Crippen molar-refractivity contribution in [3.63, 3.8) is 0 Å². The van der Waals surface area contributed by atoms with E-state index in [1.54, 1.807) is 6.07 Å². The molecule has 2 aromatic rings. The zero-order valence-electron chi connectivity index (χ0n) is 11.2. The van der Waals surface area contributed by atoms with Gasteiger partial charge in [0.05, 0.1) is 17.1 Å². The highest BCUT2D eigenvalue weighted by Gasteiger charge is 2.13. The Morgan fingerprint density at radius 3 is 2.65 bits per heavy atom. The Balaban J connectivity index is 2.37. The number of pyridine rings is 1. The Bertz CT molecular complexity index is 641. The summed E-state index contributed by atoms with van der Waals surface area (Å²) < 4.78 is 5.65. The lowest BCUT2D eigenvalue weighted by molar-refractivity contribution is -0.384. The van der Waals surface area contributed by atoms with Crippen molar-refractivity contribution in [1.29, 1.82) is 0 Å². The molecule has 0 fully saturated rings. The summed E-state index contributed by atoms with van der Waals surface area (Å²) in [5, 5.41) is 10.8. The second-order valence-corrected chi connectivity index (χ2v) is 4.64. The molecule has 1 aromatic carbocycles. The molecule has 0 aliphatic heterocycles. The summed E-state index contributed by atoms with van der Waals surface area (Å²) in [5.41, 5.74) is 6.41. The minimum absolute atomic E-state index is 0.0521. The molecule has 0 saturated heterocycles. The van der Waals surface area contributed by atoms with E-state index in [1.165, 1.54) is 12.1 Å². The Hall–Kier alpha value is -2.63. The molecular weight excluding hydrogens is 258 g/mol. The Kier molecular flexibility index (Phi) is 3.84. The number of nitro groups is 1. The molecule has 0 aliphatic rings. The van der Waals surface area contributed by atoms with Gasteiger partial charge < -0.3 is 10.5 Å². The van der Waals surface area contributed by atoms with Gasteiger partial charge in [-0.15, -0.1) is 0 Å². The van der Waals surface area contributed by atoms with Gasteiger partial charge in [0.2, 0.25) is 5.88 Å².